The zero-order valence-electron chi connectivity index (χ0n) is 16.3. The molecule has 0 spiro atoms. The van der Waals surface area contributed by atoms with E-state index >= 15 is 0 Å². The summed E-state index contributed by atoms with van der Waals surface area (Å²) >= 11 is 0. The fourth-order valence-electron chi connectivity index (χ4n) is 5.91. The molecule has 2 N–H and O–H groups in total. The van der Waals surface area contributed by atoms with Gasteiger partial charge in [-0.05, 0) is 81.8 Å². The molecule has 27 heavy (non-hydrogen) atoms. The minimum atomic E-state index is -0.242. The van der Waals surface area contributed by atoms with E-state index in [1.54, 1.807) is 13.0 Å². The number of carbonyl (C=O) groups is 2. The molecule has 4 fully saturated rings. The minimum absolute atomic E-state index is 0.0243. The first kappa shape index (κ1) is 18.2. The summed E-state index contributed by atoms with van der Waals surface area (Å²) in [6.07, 6.45) is 7.75. The average Bonchev–Trinajstić information content (AvgIpc) is 2.58. The van der Waals surface area contributed by atoms with Crippen LogP contribution >= 0.6 is 0 Å². The summed E-state index contributed by atoms with van der Waals surface area (Å²) in [7, 11) is 0. The number of nitrogens with one attached hydrogen (secondary N) is 2. The Morgan fingerprint density at radius 2 is 1.67 bits per heavy atom. The molecule has 0 aromatic heterocycles. The second-order valence-electron chi connectivity index (χ2n) is 9.03. The standard InChI is InChI=1S/C22H29N3O2/c1-14-5-3-4-6-19(14)21(27)25-24-15(2)7-20(26)23-22-11-16-8-17(12-22)10-18(9-16)13-22/h3-6,16-18H,7-13H2,1-2H3,(H,23,26)(H,25,27). The molecule has 4 bridgehead atoms. The lowest BCUT2D eigenvalue weighted by molar-refractivity contribution is -0.125. The highest BCUT2D eigenvalue weighted by atomic mass is 16.2. The molecule has 0 heterocycles. The van der Waals surface area contributed by atoms with Crippen molar-refractivity contribution in [1.82, 2.24) is 10.7 Å². The molecule has 5 nitrogen and oxygen atoms in total. The Kier molecular flexibility index (Phi) is 4.79. The van der Waals surface area contributed by atoms with Crippen molar-refractivity contribution in [3.63, 3.8) is 0 Å². The molecule has 144 valence electrons. The predicted molar refractivity (Wildman–Crippen MR) is 105 cm³/mol. The number of hydrogen-bond acceptors (Lipinski definition) is 3. The van der Waals surface area contributed by atoms with Crippen molar-refractivity contribution in [3.05, 3.63) is 35.4 Å². The smallest absolute Gasteiger partial charge is 0.271 e. The van der Waals surface area contributed by atoms with Crippen molar-refractivity contribution in [1.29, 1.82) is 0 Å². The second kappa shape index (κ2) is 7.10. The van der Waals surface area contributed by atoms with Gasteiger partial charge < -0.3 is 5.32 Å². The van der Waals surface area contributed by atoms with E-state index in [2.05, 4.69) is 15.8 Å². The molecule has 4 aliphatic carbocycles. The Labute approximate surface area is 161 Å². The lowest BCUT2D eigenvalue weighted by atomic mass is 9.53. The summed E-state index contributed by atoms with van der Waals surface area (Å²) in [5, 5.41) is 7.48. The number of amides is 2. The molecule has 4 aliphatic rings. The van der Waals surface area contributed by atoms with Crippen molar-refractivity contribution in [2.24, 2.45) is 22.9 Å². The van der Waals surface area contributed by atoms with Gasteiger partial charge in [-0.25, -0.2) is 5.43 Å². The number of hydrogen-bond donors (Lipinski definition) is 2. The van der Waals surface area contributed by atoms with Crippen LogP contribution in [-0.2, 0) is 4.79 Å². The topological polar surface area (TPSA) is 70.6 Å². The van der Waals surface area contributed by atoms with Crippen molar-refractivity contribution in [2.75, 3.05) is 0 Å². The molecule has 1 aromatic rings. The number of nitrogens with zero attached hydrogens (tertiary/aromatic N) is 1. The highest BCUT2D eigenvalue weighted by molar-refractivity contribution is 6.01. The van der Waals surface area contributed by atoms with E-state index in [0.717, 1.165) is 42.6 Å². The van der Waals surface area contributed by atoms with E-state index in [-0.39, 0.29) is 23.8 Å². The van der Waals surface area contributed by atoms with Crippen LogP contribution in [0.1, 0.15) is 67.8 Å². The van der Waals surface area contributed by atoms with E-state index in [9.17, 15) is 9.59 Å². The van der Waals surface area contributed by atoms with Gasteiger partial charge in [-0.15, -0.1) is 0 Å². The van der Waals surface area contributed by atoms with Crippen LogP contribution in [0.25, 0.3) is 0 Å². The van der Waals surface area contributed by atoms with Gasteiger partial charge in [0.1, 0.15) is 0 Å². The normalized spacial score (nSPS) is 31.6. The Morgan fingerprint density at radius 1 is 1.07 bits per heavy atom. The first-order valence-corrected chi connectivity index (χ1v) is 10.1. The van der Waals surface area contributed by atoms with E-state index in [1.165, 1.54) is 19.3 Å². The molecule has 5 rings (SSSR count). The summed E-state index contributed by atoms with van der Waals surface area (Å²) in [6, 6.07) is 7.40. The highest BCUT2D eigenvalue weighted by Crippen LogP contribution is 2.55. The van der Waals surface area contributed by atoms with Crippen LogP contribution in [0.4, 0.5) is 0 Å². The van der Waals surface area contributed by atoms with Crippen LogP contribution in [0.15, 0.2) is 29.4 Å². The fraction of sp³-hybridized carbons (Fsp3) is 0.591. The number of carbonyl (C=O) groups excluding carboxylic acids is 2. The zero-order chi connectivity index (χ0) is 19.0. The number of aryl methyl sites for hydroxylation is 1. The van der Waals surface area contributed by atoms with E-state index < -0.39 is 0 Å². The molecule has 0 unspecified atom stereocenters. The first-order chi connectivity index (χ1) is 12.9. The third kappa shape index (κ3) is 3.92. The number of hydrazone groups is 1. The number of rotatable bonds is 5. The quantitative estimate of drug-likeness (QED) is 0.617. The summed E-state index contributed by atoms with van der Waals surface area (Å²) in [5.74, 6) is 2.21. The van der Waals surface area contributed by atoms with Crippen LogP contribution in [0.2, 0.25) is 0 Å². The van der Waals surface area contributed by atoms with Crippen molar-refractivity contribution < 1.29 is 9.59 Å². The highest BCUT2D eigenvalue weighted by Gasteiger charge is 2.51. The van der Waals surface area contributed by atoms with Crippen molar-refractivity contribution in [3.8, 4) is 0 Å². The van der Waals surface area contributed by atoms with Gasteiger partial charge in [0, 0.05) is 16.8 Å². The Hall–Kier alpha value is -2.17. The van der Waals surface area contributed by atoms with Gasteiger partial charge in [0.05, 0.1) is 6.42 Å². The lowest BCUT2D eigenvalue weighted by Crippen LogP contribution is -2.60. The van der Waals surface area contributed by atoms with Crippen molar-refractivity contribution in [2.45, 2.75) is 64.3 Å². The maximum Gasteiger partial charge on any atom is 0.271 e. The van der Waals surface area contributed by atoms with E-state index in [0.29, 0.717) is 11.3 Å². The molecule has 0 saturated heterocycles. The van der Waals surface area contributed by atoms with E-state index in [1.807, 2.05) is 25.1 Å². The molecule has 0 radical (unpaired) electrons. The molecular formula is C22H29N3O2. The number of benzene rings is 1. The SMILES string of the molecule is CC(CC(=O)NC12CC3CC(CC(C3)C1)C2)=NNC(=O)c1ccccc1C. The molecule has 2 amide bonds. The third-order valence-electron chi connectivity index (χ3n) is 6.60. The molecule has 0 atom stereocenters. The Balaban J connectivity index is 1.32. The largest absolute Gasteiger partial charge is 0.350 e. The average molecular weight is 367 g/mol. The predicted octanol–water partition coefficient (Wildman–Crippen LogP) is 3.58. The van der Waals surface area contributed by atoms with Crippen LogP contribution in [0, 0.1) is 24.7 Å². The molecule has 0 aliphatic heterocycles. The maximum absolute atomic E-state index is 12.6. The van der Waals surface area contributed by atoms with Gasteiger partial charge >= 0.3 is 0 Å². The van der Waals surface area contributed by atoms with Crippen LogP contribution < -0.4 is 10.7 Å². The molecular weight excluding hydrogens is 338 g/mol. The van der Waals surface area contributed by atoms with Gasteiger partial charge in [-0.2, -0.15) is 5.10 Å². The van der Waals surface area contributed by atoms with Gasteiger partial charge in [-0.3, -0.25) is 9.59 Å². The Bertz CT molecular complexity index is 748. The summed E-state index contributed by atoms with van der Waals surface area (Å²) in [5.41, 5.74) is 4.73. The summed E-state index contributed by atoms with van der Waals surface area (Å²) in [4.78, 5) is 24.8. The van der Waals surface area contributed by atoms with Crippen LogP contribution in [0.5, 0.6) is 0 Å². The van der Waals surface area contributed by atoms with Gasteiger partial charge in [0.25, 0.3) is 5.91 Å². The summed E-state index contributed by atoms with van der Waals surface area (Å²) < 4.78 is 0. The molecule has 4 saturated carbocycles. The van der Waals surface area contributed by atoms with Crippen molar-refractivity contribution >= 4 is 17.5 Å². The zero-order valence-corrected chi connectivity index (χ0v) is 16.3. The van der Waals surface area contributed by atoms with Gasteiger partial charge in [0.2, 0.25) is 5.91 Å². The minimum Gasteiger partial charge on any atom is -0.350 e. The Morgan fingerprint density at radius 3 is 2.26 bits per heavy atom. The molecule has 1 aromatic carbocycles. The van der Waals surface area contributed by atoms with Crippen LogP contribution in [0.3, 0.4) is 0 Å². The van der Waals surface area contributed by atoms with E-state index in [4.69, 9.17) is 0 Å². The van der Waals surface area contributed by atoms with Crippen LogP contribution in [-0.4, -0.2) is 23.1 Å². The lowest BCUT2D eigenvalue weighted by Gasteiger charge is -2.56. The molecule has 5 heteroatoms. The fourth-order valence-corrected chi connectivity index (χ4v) is 5.91. The van der Waals surface area contributed by atoms with Gasteiger partial charge in [-0.1, -0.05) is 18.2 Å². The second-order valence-corrected chi connectivity index (χ2v) is 9.03. The maximum atomic E-state index is 12.6. The van der Waals surface area contributed by atoms with Gasteiger partial charge in [0.15, 0.2) is 0 Å². The summed E-state index contributed by atoms with van der Waals surface area (Å²) in [6.45, 7) is 3.68. The monoisotopic (exact) mass is 367 g/mol. The first-order valence-electron chi connectivity index (χ1n) is 10.1. The third-order valence-corrected chi connectivity index (χ3v) is 6.60.